The molecule has 2 aromatic rings. The SMILES string of the molecule is CC[C@@H](C)NC(=O)[C@H](C)N(Cc1ccc(F)cc1)C(=O)CN(c1ccccc1F)S(C)(=O)=O. The number of sulfonamides is 1. The highest BCUT2D eigenvalue weighted by Gasteiger charge is 2.31. The molecule has 7 nitrogen and oxygen atoms in total. The topological polar surface area (TPSA) is 86.8 Å². The van der Waals surface area contributed by atoms with Crippen LogP contribution in [0.5, 0.6) is 0 Å². The Morgan fingerprint density at radius 3 is 2.18 bits per heavy atom. The summed E-state index contributed by atoms with van der Waals surface area (Å²) in [6.45, 7) is 4.47. The van der Waals surface area contributed by atoms with Crippen LogP contribution in [0.1, 0.15) is 32.8 Å². The lowest BCUT2D eigenvalue weighted by Gasteiger charge is -2.32. The van der Waals surface area contributed by atoms with Crippen molar-refractivity contribution in [3.8, 4) is 0 Å². The number of carbonyl (C=O) groups excluding carboxylic acids is 2. The molecule has 2 aromatic carbocycles. The molecule has 2 amide bonds. The van der Waals surface area contributed by atoms with Crippen LogP contribution in [0.4, 0.5) is 14.5 Å². The summed E-state index contributed by atoms with van der Waals surface area (Å²) in [5, 5.41) is 2.80. The third-order valence-electron chi connectivity index (χ3n) is 5.23. The molecule has 2 atom stereocenters. The van der Waals surface area contributed by atoms with Gasteiger partial charge in [0.25, 0.3) is 0 Å². The number of carbonyl (C=O) groups is 2. The molecule has 2 rings (SSSR count). The number of amides is 2. The Kier molecular flexibility index (Phi) is 8.92. The molecule has 0 unspecified atom stereocenters. The van der Waals surface area contributed by atoms with Crippen molar-refractivity contribution in [3.63, 3.8) is 0 Å². The van der Waals surface area contributed by atoms with Crippen LogP contribution in [0.15, 0.2) is 48.5 Å². The van der Waals surface area contributed by atoms with E-state index in [4.69, 9.17) is 0 Å². The van der Waals surface area contributed by atoms with Gasteiger partial charge in [0.2, 0.25) is 21.8 Å². The van der Waals surface area contributed by atoms with E-state index in [0.717, 1.165) is 12.3 Å². The molecule has 0 spiro atoms. The van der Waals surface area contributed by atoms with E-state index in [1.165, 1.54) is 54.3 Å². The van der Waals surface area contributed by atoms with Gasteiger partial charge in [0.15, 0.2) is 0 Å². The lowest BCUT2D eigenvalue weighted by molar-refractivity contribution is -0.139. The van der Waals surface area contributed by atoms with Crippen LogP contribution in [0.25, 0.3) is 0 Å². The summed E-state index contributed by atoms with van der Waals surface area (Å²) >= 11 is 0. The Balaban J connectivity index is 2.39. The number of rotatable bonds is 10. The van der Waals surface area contributed by atoms with E-state index in [9.17, 15) is 26.8 Å². The number of para-hydroxylation sites is 1. The minimum Gasteiger partial charge on any atom is -0.352 e. The second-order valence-electron chi connectivity index (χ2n) is 7.86. The minimum atomic E-state index is -4.02. The molecule has 0 fully saturated rings. The molecule has 33 heavy (non-hydrogen) atoms. The van der Waals surface area contributed by atoms with Gasteiger partial charge in [-0.15, -0.1) is 0 Å². The van der Waals surface area contributed by atoms with Crippen LogP contribution < -0.4 is 9.62 Å². The highest BCUT2D eigenvalue weighted by molar-refractivity contribution is 7.92. The molecule has 0 saturated carbocycles. The normalized spacial score (nSPS) is 13.2. The van der Waals surface area contributed by atoms with Crippen molar-refractivity contribution < 1.29 is 26.8 Å². The van der Waals surface area contributed by atoms with E-state index in [1.54, 1.807) is 0 Å². The van der Waals surface area contributed by atoms with E-state index < -0.39 is 46.1 Å². The molecule has 0 aliphatic rings. The van der Waals surface area contributed by atoms with Crippen molar-refractivity contribution in [2.24, 2.45) is 0 Å². The maximum Gasteiger partial charge on any atom is 0.244 e. The van der Waals surface area contributed by atoms with Gasteiger partial charge < -0.3 is 10.2 Å². The van der Waals surface area contributed by atoms with Crippen LogP contribution in [0, 0.1) is 11.6 Å². The summed E-state index contributed by atoms with van der Waals surface area (Å²) in [6.07, 6.45) is 1.55. The predicted octanol–water partition coefficient (Wildman–Crippen LogP) is 3.06. The highest BCUT2D eigenvalue weighted by Crippen LogP contribution is 2.22. The van der Waals surface area contributed by atoms with Crippen LogP contribution in [-0.2, 0) is 26.2 Å². The first-order valence-electron chi connectivity index (χ1n) is 10.5. The van der Waals surface area contributed by atoms with Crippen molar-refractivity contribution in [3.05, 3.63) is 65.7 Å². The molecule has 1 N–H and O–H groups in total. The highest BCUT2D eigenvalue weighted by atomic mass is 32.2. The van der Waals surface area contributed by atoms with E-state index in [-0.39, 0.29) is 18.3 Å². The van der Waals surface area contributed by atoms with Gasteiger partial charge in [-0.25, -0.2) is 17.2 Å². The molecule has 0 bridgehead atoms. The molecule has 0 aliphatic carbocycles. The Bertz CT molecular complexity index is 1080. The molecular formula is C23H29F2N3O4S. The Hall–Kier alpha value is -3.01. The summed E-state index contributed by atoms with van der Waals surface area (Å²) in [5.41, 5.74) is 0.275. The van der Waals surface area contributed by atoms with Gasteiger partial charge in [0.1, 0.15) is 24.2 Å². The first-order valence-corrected chi connectivity index (χ1v) is 12.3. The van der Waals surface area contributed by atoms with Gasteiger partial charge in [-0.3, -0.25) is 13.9 Å². The lowest BCUT2D eigenvalue weighted by atomic mass is 10.1. The average Bonchev–Trinajstić information content (AvgIpc) is 2.76. The Morgan fingerprint density at radius 2 is 1.64 bits per heavy atom. The van der Waals surface area contributed by atoms with Crippen molar-refractivity contribution in [1.82, 2.24) is 10.2 Å². The van der Waals surface area contributed by atoms with Gasteiger partial charge in [-0.1, -0.05) is 31.2 Å². The molecule has 0 aliphatic heterocycles. The van der Waals surface area contributed by atoms with E-state index in [1.807, 2.05) is 13.8 Å². The number of nitrogens with zero attached hydrogens (tertiary/aromatic N) is 2. The number of halogens is 2. The molecule has 0 radical (unpaired) electrons. The van der Waals surface area contributed by atoms with Gasteiger partial charge in [-0.2, -0.15) is 0 Å². The van der Waals surface area contributed by atoms with Crippen molar-refractivity contribution in [2.75, 3.05) is 17.1 Å². The van der Waals surface area contributed by atoms with Crippen LogP contribution in [0.3, 0.4) is 0 Å². The van der Waals surface area contributed by atoms with Crippen LogP contribution in [0.2, 0.25) is 0 Å². The second kappa shape index (κ2) is 11.2. The quantitative estimate of drug-likeness (QED) is 0.565. The standard InChI is InChI=1S/C23H29F2N3O4S/c1-5-16(2)26-23(30)17(3)27(14-18-10-12-19(24)13-11-18)22(29)15-28(33(4,31)32)21-9-7-6-8-20(21)25/h6-13,16-17H,5,14-15H2,1-4H3,(H,26,30)/t16-,17+/m1/s1. The number of hydrogen-bond acceptors (Lipinski definition) is 4. The number of benzene rings is 2. The van der Waals surface area contributed by atoms with Crippen LogP contribution >= 0.6 is 0 Å². The minimum absolute atomic E-state index is 0.0664. The zero-order valence-corrected chi connectivity index (χ0v) is 19.9. The summed E-state index contributed by atoms with van der Waals surface area (Å²) in [5.74, 6) is -2.39. The van der Waals surface area contributed by atoms with Crippen molar-refractivity contribution in [1.29, 1.82) is 0 Å². The van der Waals surface area contributed by atoms with Crippen molar-refractivity contribution >= 4 is 27.5 Å². The zero-order valence-electron chi connectivity index (χ0n) is 19.1. The molecule has 0 heterocycles. The van der Waals surface area contributed by atoms with Gasteiger partial charge in [-0.05, 0) is 50.1 Å². The smallest absolute Gasteiger partial charge is 0.244 e. The van der Waals surface area contributed by atoms with E-state index >= 15 is 0 Å². The zero-order chi connectivity index (χ0) is 24.8. The fourth-order valence-electron chi connectivity index (χ4n) is 3.08. The van der Waals surface area contributed by atoms with Crippen LogP contribution in [-0.4, -0.2) is 50.0 Å². The fraction of sp³-hybridized carbons (Fsp3) is 0.391. The third-order valence-corrected chi connectivity index (χ3v) is 6.36. The largest absolute Gasteiger partial charge is 0.352 e. The summed E-state index contributed by atoms with van der Waals surface area (Å²) < 4.78 is 53.1. The average molecular weight is 482 g/mol. The van der Waals surface area contributed by atoms with Gasteiger partial charge >= 0.3 is 0 Å². The first kappa shape index (κ1) is 26.2. The first-order chi connectivity index (χ1) is 15.4. The van der Waals surface area contributed by atoms with Gasteiger partial charge in [0, 0.05) is 12.6 Å². The number of nitrogens with one attached hydrogen (secondary N) is 1. The molecule has 180 valence electrons. The monoisotopic (exact) mass is 481 g/mol. The molecular weight excluding hydrogens is 452 g/mol. The number of anilines is 1. The van der Waals surface area contributed by atoms with E-state index in [2.05, 4.69) is 5.32 Å². The second-order valence-corrected chi connectivity index (χ2v) is 9.77. The van der Waals surface area contributed by atoms with Gasteiger partial charge in [0.05, 0.1) is 11.9 Å². The summed E-state index contributed by atoms with van der Waals surface area (Å²) in [7, 11) is -4.02. The maximum atomic E-state index is 14.3. The summed E-state index contributed by atoms with van der Waals surface area (Å²) in [6, 6.07) is 9.52. The van der Waals surface area contributed by atoms with Crippen molar-refractivity contribution in [2.45, 2.75) is 45.8 Å². The molecule has 10 heteroatoms. The fourth-order valence-corrected chi connectivity index (χ4v) is 3.93. The third kappa shape index (κ3) is 7.24. The summed E-state index contributed by atoms with van der Waals surface area (Å²) in [4.78, 5) is 27.3. The predicted molar refractivity (Wildman–Crippen MR) is 123 cm³/mol. The van der Waals surface area contributed by atoms with E-state index in [0.29, 0.717) is 16.3 Å². The Morgan fingerprint density at radius 1 is 1.03 bits per heavy atom. The Labute approximate surface area is 193 Å². The maximum absolute atomic E-state index is 14.3. The number of hydrogen-bond donors (Lipinski definition) is 1. The molecule has 0 saturated heterocycles. The molecule has 0 aromatic heterocycles. The lowest BCUT2D eigenvalue weighted by Crippen LogP contribution is -2.52.